The fourth-order valence-corrected chi connectivity index (χ4v) is 1.93. The first-order chi connectivity index (χ1) is 10.3. The average molecular weight is 307 g/mol. The molecule has 0 saturated heterocycles. The van der Waals surface area contributed by atoms with Gasteiger partial charge in [-0.05, 0) is 49.9 Å². The largest absolute Gasteiger partial charge is 0.491 e. The van der Waals surface area contributed by atoms with Crippen molar-refractivity contribution in [1.29, 1.82) is 0 Å². The summed E-state index contributed by atoms with van der Waals surface area (Å²) >= 11 is 0. The Morgan fingerprint density at radius 3 is 2.23 bits per heavy atom. The number of amides is 1. The highest BCUT2D eigenvalue weighted by molar-refractivity contribution is 5.96. The van der Waals surface area contributed by atoms with Gasteiger partial charge in [0.15, 0.2) is 0 Å². The molecule has 5 heteroatoms. The summed E-state index contributed by atoms with van der Waals surface area (Å²) in [6, 6.07) is 5.85. The maximum absolute atomic E-state index is 12.1. The number of ether oxygens (including phenoxy) is 1. The van der Waals surface area contributed by atoms with E-state index in [2.05, 4.69) is 5.32 Å². The lowest BCUT2D eigenvalue weighted by molar-refractivity contribution is -0.139. The number of hydrogen-bond donors (Lipinski definition) is 2. The molecule has 1 aromatic rings. The summed E-state index contributed by atoms with van der Waals surface area (Å²) in [7, 11) is 0. The normalized spacial score (nSPS) is 13.5. The molecule has 0 bridgehead atoms. The minimum Gasteiger partial charge on any atom is -0.491 e. The van der Waals surface area contributed by atoms with Crippen molar-refractivity contribution >= 4 is 11.9 Å². The fraction of sp³-hybridized carbons (Fsp3) is 0.529. The molecule has 122 valence electrons. The Kier molecular flexibility index (Phi) is 6.89. The molecule has 1 aromatic carbocycles. The smallest absolute Gasteiger partial charge is 0.326 e. The maximum atomic E-state index is 12.1. The zero-order valence-corrected chi connectivity index (χ0v) is 13.6. The molecule has 0 fully saturated rings. The van der Waals surface area contributed by atoms with Gasteiger partial charge in [-0.1, -0.05) is 20.8 Å². The van der Waals surface area contributed by atoms with Crippen LogP contribution in [0.3, 0.4) is 0 Å². The van der Waals surface area contributed by atoms with Gasteiger partial charge in [-0.2, -0.15) is 0 Å². The lowest BCUT2D eigenvalue weighted by atomic mass is 10.0. The number of hydrogen-bond acceptors (Lipinski definition) is 3. The van der Waals surface area contributed by atoms with Gasteiger partial charge in [-0.3, -0.25) is 4.79 Å². The van der Waals surface area contributed by atoms with E-state index in [4.69, 9.17) is 9.84 Å². The van der Waals surface area contributed by atoms with Crippen LogP contribution in [0.1, 0.15) is 50.9 Å². The highest BCUT2D eigenvalue weighted by Crippen LogP contribution is 2.15. The van der Waals surface area contributed by atoms with E-state index >= 15 is 0 Å². The van der Waals surface area contributed by atoms with Crippen molar-refractivity contribution in [2.24, 2.45) is 5.92 Å². The standard InChI is InChI=1S/C17H25NO4/c1-5-12(4)22-14-8-6-13(7-9-14)16(19)18-15(17(20)21)10-11(2)3/h6-9,11-12,15H,5,10H2,1-4H3,(H,18,19)(H,20,21). The van der Waals surface area contributed by atoms with E-state index in [-0.39, 0.29) is 17.9 Å². The van der Waals surface area contributed by atoms with E-state index in [9.17, 15) is 9.59 Å². The van der Waals surface area contributed by atoms with Crippen LogP contribution in [-0.4, -0.2) is 29.1 Å². The molecule has 0 spiro atoms. The molecule has 2 unspecified atom stereocenters. The molecule has 0 radical (unpaired) electrons. The van der Waals surface area contributed by atoms with Gasteiger partial charge in [-0.15, -0.1) is 0 Å². The predicted octanol–water partition coefficient (Wildman–Crippen LogP) is 3.09. The van der Waals surface area contributed by atoms with Crippen molar-refractivity contribution in [2.45, 2.75) is 52.7 Å². The number of rotatable bonds is 8. The Labute approximate surface area is 131 Å². The molecular weight excluding hydrogens is 282 g/mol. The first kappa shape index (κ1) is 18.0. The Morgan fingerprint density at radius 2 is 1.77 bits per heavy atom. The average Bonchev–Trinajstić information content (AvgIpc) is 2.46. The summed E-state index contributed by atoms with van der Waals surface area (Å²) < 4.78 is 5.64. The molecule has 0 aromatic heterocycles. The van der Waals surface area contributed by atoms with Gasteiger partial charge < -0.3 is 15.2 Å². The van der Waals surface area contributed by atoms with Crippen LogP contribution >= 0.6 is 0 Å². The second-order valence-corrected chi connectivity index (χ2v) is 5.85. The Morgan fingerprint density at radius 1 is 1.18 bits per heavy atom. The van der Waals surface area contributed by atoms with Gasteiger partial charge >= 0.3 is 5.97 Å². The van der Waals surface area contributed by atoms with Crippen LogP contribution in [0, 0.1) is 5.92 Å². The molecule has 0 aliphatic heterocycles. The summed E-state index contributed by atoms with van der Waals surface area (Å²) in [4.78, 5) is 23.3. The van der Waals surface area contributed by atoms with Crippen LogP contribution in [-0.2, 0) is 4.79 Å². The fourth-order valence-electron chi connectivity index (χ4n) is 1.93. The SMILES string of the molecule is CCC(C)Oc1ccc(C(=O)NC(CC(C)C)C(=O)O)cc1. The third-order valence-electron chi connectivity index (χ3n) is 3.34. The van der Waals surface area contributed by atoms with Gasteiger partial charge in [-0.25, -0.2) is 4.79 Å². The van der Waals surface area contributed by atoms with E-state index in [1.54, 1.807) is 24.3 Å². The molecule has 1 amide bonds. The van der Waals surface area contributed by atoms with Crippen molar-refractivity contribution in [3.8, 4) is 5.75 Å². The Bertz CT molecular complexity index is 496. The highest BCUT2D eigenvalue weighted by atomic mass is 16.5. The lowest BCUT2D eigenvalue weighted by Crippen LogP contribution is -2.41. The summed E-state index contributed by atoms with van der Waals surface area (Å²) in [5.74, 6) is -0.516. The van der Waals surface area contributed by atoms with Crippen molar-refractivity contribution in [3.05, 3.63) is 29.8 Å². The first-order valence-electron chi connectivity index (χ1n) is 7.63. The number of carboxylic acid groups (broad SMARTS) is 1. The number of aliphatic carboxylic acids is 1. The minimum atomic E-state index is -1.02. The van der Waals surface area contributed by atoms with Gasteiger partial charge in [0.25, 0.3) is 5.91 Å². The molecule has 0 aliphatic carbocycles. The van der Waals surface area contributed by atoms with E-state index in [0.29, 0.717) is 17.7 Å². The van der Waals surface area contributed by atoms with E-state index in [1.165, 1.54) is 0 Å². The van der Waals surface area contributed by atoms with Crippen molar-refractivity contribution in [2.75, 3.05) is 0 Å². The monoisotopic (exact) mass is 307 g/mol. The van der Waals surface area contributed by atoms with Crippen molar-refractivity contribution in [1.82, 2.24) is 5.32 Å². The number of carbonyl (C=O) groups is 2. The molecule has 2 atom stereocenters. The van der Waals surface area contributed by atoms with Gasteiger partial charge in [0.05, 0.1) is 6.10 Å². The predicted molar refractivity (Wildman–Crippen MR) is 85.2 cm³/mol. The van der Waals surface area contributed by atoms with E-state index < -0.39 is 12.0 Å². The summed E-state index contributed by atoms with van der Waals surface area (Å²) in [5, 5.41) is 11.7. The number of carboxylic acids is 1. The zero-order chi connectivity index (χ0) is 16.7. The summed E-state index contributed by atoms with van der Waals surface area (Å²) in [6.07, 6.45) is 1.41. The van der Waals surface area contributed by atoms with Crippen LogP contribution in [0.5, 0.6) is 5.75 Å². The third-order valence-corrected chi connectivity index (χ3v) is 3.34. The molecular formula is C17H25NO4. The Balaban J connectivity index is 2.70. The topological polar surface area (TPSA) is 75.6 Å². The quantitative estimate of drug-likeness (QED) is 0.774. The van der Waals surface area contributed by atoms with Crippen LogP contribution in [0.15, 0.2) is 24.3 Å². The maximum Gasteiger partial charge on any atom is 0.326 e. The van der Waals surface area contributed by atoms with E-state index in [1.807, 2.05) is 27.7 Å². The van der Waals surface area contributed by atoms with Crippen LogP contribution in [0.2, 0.25) is 0 Å². The van der Waals surface area contributed by atoms with E-state index in [0.717, 1.165) is 6.42 Å². The van der Waals surface area contributed by atoms with Crippen LogP contribution in [0.25, 0.3) is 0 Å². The lowest BCUT2D eigenvalue weighted by Gasteiger charge is -2.17. The summed E-state index contributed by atoms with van der Waals surface area (Å²) in [6.45, 7) is 7.85. The first-order valence-corrected chi connectivity index (χ1v) is 7.63. The van der Waals surface area contributed by atoms with Crippen molar-refractivity contribution in [3.63, 3.8) is 0 Å². The van der Waals surface area contributed by atoms with Gasteiger partial charge in [0.1, 0.15) is 11.8 Å². The second-order valence-electron chi connectivity index (χ2n) is 5.85. The minimum absolute atomic E-state index is 0.113. The van der Waals surface area contributed by atoms with Crippen LogP contribution in [0.4, 0.5) is 0 Å². The van der Waals surface area contributed by atoms with Crippen LogP contribution < -0.4 is 10.1 Å². The van der Waals surface area contributed by atoms with Gasteiger partial charge in [0.2, 0.25) is 0 Å². The molecule has 0 saturated carbocycles. The summed E-state index contributed by atoms with van der Waals surface area (Å²) in [5.41, 5.74) is 0.423. The number of benzene rings is 1. The molecule has 5 nitrogen and oxygen atoms in total. The third kappa shape index (κ3) is 5.76. The second kappa shape index (κ2) is 8.41. The number of carbonyl (C=O) groups excluding carboxylic acids is 1. The molecule has 1 rings (SSSR count). The molecule has 0 heterocycles. The Hall–Kier alpha value is -2.04. The number of nitrogens with one attached hydrogen (secondary N) is 1. The highest BCUT2D eigenvalue weighted by Gasteiger charge is 2.21. The zero-order valence-electron chi connectivity index (χ0n) is 13.6. The van der Waals surface area contributed by atoms with Crippen molar-refractivity contribution < 1.29 is 19.4 Å². The molecule has 0 aliphatic rings. The molecule has 22 heavy (non-hydrogen) atoms. The van der Waals surface area contributed by atoms with Gasteiger partial charge in [0, 0.05) is 5.56 Å². The molecule has 2 N–H and O–H groups in total.